The third-order valence-corrected chi connectivity index (χ3v) is 2.77. The van der Waals surface area contributed by atoms with Gasteiger partial charge in [-0.25, -0.2) is 0 Å². The molecule has 0 spiro atoms. The van der Waals surface area contributed by atoms with Gasteiger partial charge in [-0.2, -0.15) is 0 Å². The topological polar surface area (TPSA) is 83.6 Å². The van der Waals surface area contributed by atoms with Gasteiger partial charge in [0, 0.05) is 32.0 Å². The summed E-state index contributed by atoms with van der Waals surface area (Å²) < 4.78 is 4.79. The summed E-state index contributed by atoms with van der Waals surface area (Å²) in [6, 6.07) is 0. The van der Waals surface area contributed by atoms with E-state index in [1.165, 1.54) is 0 Å². The summed E-state index contributed by atoms with van der Waals surface area (Å²) in [5.74, 6) is -0.836. The van der Waals surface area contributed by atoms with Gasteiger partial charge in [0.15, 0.2) is 0 Å². The Morgan fingerprint density at radius 2 is 2.17 bits per heavy atom. The van der Waals surface area contributed by atoms with Crippen molar-refractivity contribution in [1.82, 2.24) is 10.1 Å². The minimum absolute atomic E-state index is 0.000916. The first-order valence-corrected chi connectivity index (χ1v) is 5.86. The number of aryl methyl sites for hydroxylation is 2. The van der Waals surface area contributed by atoms with Crippen LogP contribution in [0.4, 0.5) is 0 Å². The number of rotatable bonds is 7. The van der Waals surface area contributed by atoms with Gasteiger partial charge in [-0.1, -0.05) is 5.16 Å². The van der Waals surface area contributed by atoms with E-state index >= 15 is 0 Å². The Balaban J connectivity index is 2.27. The Morgan fingerprint density at radius 3 is 2.72 bits per heavy atom. The lowest BCUT2D eigenvalue weighted by Crippen LogP contribution is -2.28. The average molecular weight is 254 g/mol. The molecular formula is C12H18N2O4. The van der Waals surface area contributed by atoms with Gasteiger partial charge in [0.05, 0.1) is 5.69 Å². The average Bonchev–Trinajstić information content (AvgIpc) is 2.71. The van der Waals surface area contributed by atoms with E-state index in [9.17, 15) is 9.59 Å². The highest BCUT2D eigenvalue weighted by Gasteiger charge is 2.11. The van der Waals surface area contributed by atoms with Crippen LogP contribution >= 0.6 is 0 Å². The summed E-state index contributed by atoms with van der Waals surface area (Å²) in [6.07, 6.45) is 3.09. The largest absolute Gasteiger partial charge is 0.481 e. The summed E-state index contributed by atoms with van der Waals surface area (Å²) in [7, 11) is 1.69. The van der Waals surface area contributed by atoms with Gasteiger partial charge in [-0.15, -0.1) is 0 Å². The van der Waals surface area contributed by atoms with Crippen molar-refractivity contribution in [2.24, 2.45) is 0 Å². The first-order valence-electron chi connectivity index (χ1n) is 5.86. The van der Waals surface area contributed by atoms with E-state index in [4.69, 9.17) is 9.63 Å². The van der Waals surface area contributed by atoms with E-state index < -0.39 is 5.97 Å². The molecule has 0 aliphatic carbocycles. The van der Waals surface area contributed by atoms with Crippen LogP contribution in [-0.4, -0.2) is 40.6 Å². The first-order chi connectivity index (χ1) is 8.50. The lowest BCUT2D eigenvalue weighted by atomic mass is 10.1. The number of hydrogen-bond acceptors (Lipinski definition) is 4. The van der Waals surface area contributed by atoms with E-state index in [1.54, 1.807) is 18.2 Å². The second-order valence-electron chi connectivity index (χ2n) is 4.24. The maximum absolute atomic E-state index is 11.8. The van der Waals surface area contributed by atoms with Crippen LogP contribution in [0.2, 0.25) is 0 Å². The molecular weight excluding hydrogens is 236 g/mol. The molecule has 0 unspecified atom stereocenters. The van der Waals surface area contributed by atoms with E-state index in [0.29, 0.717) is 25.8 Å². The van der Waals surface area contributed by atoms with Crippen LogP contribution < -0.4 is 0 Å². The molecule has 1 amide bonds. The van der Waals surface area contributed by atoms with E-state index in [2.05, 4.69) is 5.16 Å². The molecule has 6 nitrogen and oxygen atoms in total. The van der Waals surface area contributed by atoms with Gasteiger partial charge in [0.2, 0.25) is 5.91 Å². The van der Waals surface area contributed by atoms with Crippen molar-refractivity contribution in [3.63, 3.8) is 0 Å². The Bertz CT molecular complexity index is 414. The minimum Gasteiger partial charge on any atom is -0.481 e. The third kappa shape index (κ3) is 4.57. The van der Waals surface area contributed by atoms with Crippen LogP contribution in [0.5, 0.6) is 0 Å². The third-order valence-electron chi connectivity index (χ3n) is 2.77. The number of hydrogen-bond donors (Lipinski definition) is 1. The second kappa shape index (κ2) is 6.78. The van der Waals surface area contributed by atoms with Crippen molar-refractivity contribution in [3.8, 4) is 0 Å². The standard InChI is InChI=1S/C12H18N2O4/c1-9-10(8-18-13-9)5-6-11(15)14(2)7-3-4-12(16)17/h8H,3-7H2,1-2H3,(H,16,17). The molecule has 1 aromatic heterocycles. The molecule has 1 rings (SSSR count). The quantitative estimate of drug-likeness (QED) is 0.791. The van der Waals surface area contributed by atoms with Crippen molar-refractivity contribution in [2.75, 3.05) is 13.6 Å². The van der Waals surface area contributed by atoms with Crippen LogP contribution in [0.1, 0.15) is 30.5 Å². The molecule has 0 aliphatic rings. The Morgan fingerprint density at radius 1 is 1.44 bits per heavy atom. The molecule has 6 heteroatoms. The summed E-state index contributed by atoms with van der Waals surface area (Å²) in [6.45, 7) is 2.30. The van der Waals surface area contributed by atoms with Crippen molar-refractivity contribution in [2.45, 2.75) is 32.6 Å². The Hall–Kier alpha value is -1.85. The highest BCUT2D eigenvalue weighted by Crippen LogP contribution is 2.09. The monoisotopic (exact) mass is 254 g/mol. The smallest absolute Gasteiger partial charge is 0.303 e. The number of aromatic nitrogens is 1. The van der Waals surface area contributed by atoms with Crippen LogP contribution in [0, 0.1) is 6.92 Å². The number of carbonyl (C=O) groups is 2. The molecule has 18 heavy (non-hydrogen) atoms. The summed E-state index contributed by atoms with van der Waals surface area (Å²) in [4.78, 5) is 23.7. The number of aliphatic carboxylic acids is 1. The molecule has 0 aliphatic heterocycles. The van der Waals surface area contributed by atoms with Crippen molar-refractivity contribution < 1.29 is 19.2 Å². The molecule has 1 N–H and O–H groups in total. The van der Waals surface area contributed by atoms with Gasteiger partial charge in [0.1, 0.15) is 6.26 Å². The molecule has 1 heterocycles. The van der Waals surface area contributed by atoms with Crippen molar-refractivity contribution >= 4 is 11.9 Å². The zero-order valence-electron chi connectivity index (χ0n) is 10.7. The fraction of sp³-hybridized carbons (Fsp3) is 0.583. The number of carboxylic acid groups (broad SMARTS) is 1. The summed E-state index contributed by atoms with van der Waals surface area (Å²) >= 11 is 0. The van der Waals surface area contributed by atoms with E-state index in [0.717, 1.165) is 11.3 Å². The predicted molar refractivity (Wildman–Crippen MR) is 64.1 cm³/mol. The SMILES string of the molecule is Cc1nocc1CCC(=O)N(C)CCCC(=O)O. The second-order valence-corrected chi connectivity index (χ2v) is 4.24. The maximum atomic E-state index is 11.8. The highest BCUT2D eigenvalue weighted by molar-refractivity contribution is 5.76. The lowest BCUT2D eigenvalue weighted by Gasteiger charge is -2.16. The molecule has 1 aromatic rings. The van der Waals surface area contributed by atoms with Crippen LogP contribution in [0.25, 0.3) is 0 Å². The fourth-order valence-corrected chi connectivity index (χ4v) is 1.58. The molecule has 0 fully saturated rings. The Kier molecular flexibility index (Phi) is 5.35. The fourth-order valence-electron chi connectivity index (χ4n) is 1.58. The zero-order chi connectivity index (χ0) is 13.5. The minimum atomic E-state index is -0.837. The van der Waals surface area contributed by atoms with Gasteiger partial charge in [0.25, 0.3) is 0 Å². The van der Waals surface area contributed by atoms with Gasteiger partial charge in [-0.05, 0) is 19.8 Å². The molecule has 0 saturated carbocycles. The van der Waals surface area contributed by atoms with Gasteiger partial charge < -0.3 is 14.5 Å². The molecule has 100 valence electrons. The van der Waals surface area contributed by atoms with E-state index in [-0.39, 0.29) is 12.3 Å². The summed E-state index contributed by atoms with van der Waals surface area (Å²) in [5.41, 5.74) is 1.73. The number of carboxylic acids is 1. The number of carbonyl (C=O) groups excluding carboxylic acids is 1. The maximum Gasteiger partial charge on any atom is 0.303 e. The first kappa shape index (κ1) is 14.2. The van der Waals surface area contributed by atoms with Crippen LogP contribution in [0.3, 0.4) is 0 Å². The molecule has 0 bridgehead atoms. The highest BCUT2D eigenvalue weighted by atomic mass is 16.5. The number of nitrogens with zero attached hydrogens (tertiary/aromatic N) is 2. The normalized spacial score (nSPS) is 10.3. The van der Waals surface area contributed by atoms with Crippen LogP contribution in [0.15, 0.2) is 10.8 Å². The molecule has 0 aromatic carbocycles. The number of amides is 1. The van der Waals surface area contributed by atoms with Gasteiger partial charge >= 0.3 is 5.97 Å². The van der Waals surface area contributed by atoms with Gasteiger partial charge in [-0.3, -0.25) is 9.59 Å². The van der Waals surface area contributed by atoms with E-state index in [1.807, 2.05) is 6.92 Å². The van der Waals surface area contributed by atoms with Crippen molar-refractivity contribution in [3.05, 3.63) is 17.5 Å². The Labute approximate surface area is 106 Å². The summed E-state index contributed by atoms with van der Waals surface area (Å²) in [5, 5.41) is 12.2. The molecule has 0 radical (unpaired) electrons. The van der Waals surface area contributed by atoms with Crippen molar-refractivity contribution in [1.29, 1.82) is 0 Å². The zero-order valence-corrected chi connectivity index (χ0v) is 10.7. The van der Waals surface area contributed by atoms with Crippen LogP contribution in [-0.2, 0) is 16.0 Å². The predicted octanol–water partition coefficient (Wildman–Crippen LogP) is 1.24. The lowest BCUT2D eigenvalue weighted by molar-refractivity contribution is -0.138. The molecule has 0 atom stereocenters. The molecule has 0 saturated heterocycles.